The number of hydrogen-bond donors (Lipinski definition) is 0. The van der Waals surface area contributed by atoms with E-state index in [9.17, 15) is 13.6 Å². The Kier molecular flexibility index (Phi) is 5.95. The van der Waals surface area contributed by atoms with Crippen LogP contribution in [0.15, 0.2) is 91.6 Å². The Hall–Kier alpha value is -3.82. The topological polar surface area (TPSA) is 59.0 Å². The zero-order chi connectivity index (χ0) is 23.7. The number of rotatable bonds is 5. The molecule has 2 aromatic carbocycles. The second-order valence-corrected chi connectivity index (χ2v) is 8.83. The van der Waals surface area contributed by atoms with Gasteiger partial charge < -0.3 is 8.83 Å². The molecule has 0 saturated carbocycles. The number of hydrazone groups is 1. The highest BCUT2D eigenvalue weighted by Crippen LogP contribution is 2.34. The molecule has 0 aliphatic carbocycles. The van der Waals surface area contributed by atoms with Crippen LogP contribution < -0.4 is 0 Å². The van der Waals surface area contributed by atoms with Gasteiger partial charge in [-0.1, -0.05) is 11.8 Å². The highest BCUT2D eigenvalue weighted by molar-refractivity contribution is 8.26. The van der Waals surface area contributed by atoms with Crippen LogP contribution >= 0.6 is 24.0 Å². The number of amides is 1. The first-order valence-corrected chi connectivity index (χ1v) is 11.2. The third kappa shape index (κ3) is 4.61. The van der Waals surface area contributed by atoms with Crippen molar-refractivity contribution in [3.05, 3.63) is 101 Å². The quantitative estimate of drug-likeness (QED) is 0.176. The molecule has 5 nitrogen and oxygen atoms in total. The summed E-state index contributed by atoms with van der Waals surface area (Å²) >= 11 is 6.40. The maximum atomic E-state index is 13.1. The van der Waals surface area contributed by atoms with E-state index in [-0.39, 0.29) is 16.0 Å². The Bertz CT molecular complexity index is 1440. The van der Waals surface area contributed by atoms with Crippen LogP contribution in [0.5, 0.6) is 0 Å². The van der Waals surface area contributed by atoms with Crippen LogP contribution in [0.3, 0.4) is 0 Å². The lowest BCUT2D eigenvalue weighted by atomic mass is 10.2. The van der Waals surface area contributed by atoms with E-state index in [0.29, 0.717) is 33.5 Å². The number of hydrogen-bond acceptors (Lipinski definition) is 6. The molecule has 1 aliphatic heterocycles. The van der Waals surface area contributed by atoms with E-state index in [4.69, 9.17) is 21.1 Å². The lowest BCUT2D eigenvalue weighted by Crippen LogP contribution is -2.22. The minimum absolute atomic E-state index is 0.267. The zero-order valence-electron chi connectivity index (χ0n) is 17.3. The van der Waals surface area contributed by atoms with Gasteiger partial charge in [-0.15, -0.1) is 0 Å². The van der Waals surface area contributed by atoms with Crippen molar-refractivity contribution in [2.24, 2.45) is 5.10 Å². The van der Waals surface area contributed by atoms with Gasteiger partial charge in [-0.3, -0.25) is 4.79 Å². The van der Waals surface area contributed by atoms with Crippen molar-refractivity contribution in [2.75, 3.05) is 0 Å². The molecule has 168 valence electrons. The highest BCUT2D eigenvalue weighted by atomic mass is 32.2. The minimum atomic E-state index is -0.392. The standard InChI is InChI=1S/C25H14F2N2O3S2/c26-17-5-1-15(2-6-17)21-11-9-19(31-21)13-23-24(30)29(25(33)34-23)28-14-20-10-12-22(32-20)16-3-7-18(27)8-4-16/h1-14H. The molecule has 1 saturated heterocycles. The number of halogens is 2. The van der Waals surface area contributed by atoms with Crippen molar-refractivity contribution in [1.29, 1.82) is 0 Å². The first-order chi connectivity index (χ1) is 16.5. The van der Waals surface area contributed by atoms with Crippen LogP contribution in [-0.2, 0) is 4.79 Å². The molecule has 1 aliphatic rings. The van der Waals surface area contributed by atoms with E-state index >= 15 is 0 Å². The number of thiocarbonyl (C=S) groups is 1. The molecule has 0 radical (unpaired) electrons. The third-order valence-electron chi connectivity index (χ3n) is 4.86. The molecule has 5 rings (SSSR count). The fourth-order valence-corrected chi connectivity index (χ4v) is 4.35. The zero-order valence-corrected chi connectivity index (χ0v) is 18.9. The van der Waals surface area contributed by atoms with Crippen molar-refractivity contribution in [2.45, 2.75) is 0 Å². The molecular formula is C25H14F2N2O3S2. The largest absolute Gasteiger partial charge is 0.457 e. The van der Waals surface area contributed by atoms with Crippen molar-refractivity contribution in [3.8, 4) is 22.6 Å². The van der Waals surface area contributed by atoms with Gasteiger partial charge in [0.2, 0.25) is 0 Å². The van der Waals surface area contributed by atoms with Crippen LogP contribution in [0.4, 0.5) is 8.78 Å². The molecule has 0 bridgehead atoms. The number of carbonyl (C=O) groups is 1. The maximum Gasteiger partial charge on any atom is 0.286 e. The van der Waals surface area contributed by atoms with Crippen LogP contribution in [0.2, 0.25) is 0 Å². The Labute approximate surface area is 202 Å². The summed E-state index contributed by atoms with van der Waals surface area (Å²) in [4.78, 5) is 13.2. The van der Waals surface area contributed by atoms with Gasteiger partial charge in [0.15, 0.2) is 4.32 Å². The predicted octanol–water partition coefficient (Wildman–Crippen LogP) is 6.72. The summed E-state index contributed by atoms with van der Waals surface area (Å²) in [6, 6.07) is 18.7. The molecule has 4 aromatic rings. The number of nitrogens with zero attached hydrogens (tertiary/aromatic N) is 2. The van der Waals surface area contributed by atoms with Crippen molar-refractivity contribution >= 4 is 46.5 Å². The molecule has 34 heavy (non-hydrogen) atoms. The molecule has 1 fully saturated rings. The molecular weight excluding hydrogens is 478 g/mol. The molecule has 2 aromatic heterocycles. The molecule has 0 spiro atoms. The predicted molar refractivity (Wildman–Crippen MR) is 131 cm³/mol. The van der Waals surface area contributed by atoms with Crippen molar-refractivity contribution in [1.82, 2.24) is 5.01 Å². The minimum Gasteiger partial charge on any atom is -0.457 e. The Morgan fingerprint density at radius 2 is 1.32 bits per heavy atom. The fourth-order valence-electron chi connectivity index (χ4n) is 3.19. The lowest BCUT2D eigenvalue weighted by molar-refractivity contribution is -0.122. The summed E-state index contributed by atoms with van der Waals surface area (Å²) in [7, 11) is 0. The smallest absolute Gasteiger partial charge is 0.286 e. The monoisotopic (exact) mass is 492 g/mol. The van der Waals surface area contributed by atoms with Gasteiger partial charge in [-0.25, -0.2) is 8.78 Å². The molecule has 3 heterocycles. The van der Waals surface area contributed by atoms with E-state index in [1.807, 2.05) is 0 Å². The maximum absolute atomic E-state index is 13.1. The second kappa shape index (κ2) is 9.20. The van der Waals surface area contributed by atoms with E-state index in [1.165, 1.54) is 30.5 Å². The van der Waals surface area contributed by atoms with E-state index in [1.54, 1.807) is 54.6 Å². The Morgan fingerprint density at radius 3 is 1.91 bits per heavy atom. The number of furan rings is 2. The van der Waals surface area contributed by atoms with Gasteiger partial charge in [-0.05, 0) is 85.0 Å². The summed E-state index contributed by atoms with van der Waals surface area (Å²) < 4.78 is 38.0. The fraction of sp³-hybridized carbons (Fsp3) is 0. The van der Waals surface area contributed by atoms with Crippen LogP contribution in [0, 0.1) is 11.6 Å². The van der Waals surface area contributed by atoms with Crippen LogP contribution in [0.25, 0.3) is 28.7 Å². The van der Waals surface area contributed by atoms with Gasteiger partial charge in [0, 0.05) is 17.2 Å². The molecule has 0 unspecified atom stereocenters. The first-order valence-electron chi connectivity index (χ1n) is 10.00. The van der Waals surface area contributed by atoms with Gasteiger partial charge in [0.1, 0.15) is 34.7 Å². The molecule has 9 heteroatoms. The average Bonchev–Trinajstić information content (AvgIpc) is 3.55. The van der Waals surface area contributed by atoms with Crippen molar-refractivity contribution in [3.63, 3.8) is 0 Å². The third-order valence-corrected chi connectivity index (χ3v) is 6.14. The Balaban J connectivity index is 1.30. The second-order valence-electron chi connectivity index (χ2n) is 7.16. The molecule has 0 atom stereocenters. The van der Waals surface area contributed by atoms with Gasteiger partial charge >= 0.3 is 0 Å². The highest BCUT2D eigenvalue weighted by Gasteiger charge is 2.32. The summed E-state index contributed by atoms with van der Waals surface area (Å²) in [6.07, 6.45) is 2.97. The van der Waals surface area contributed by atoms with Crippen LogP contribution in [0.1, 0.15) is 11.5 Å². The SMILES string of the molecule is O=C1C(=Cc2ccc(-c3ccc(F)cc3)o2)SC(=S)N1N=Cc1ccc(-c2ccc(F)cc2)o1. The van der Waals surface area contributed by atoms with Gasteiger partial charge in [-0.2, -0.15) is 10.1 Å². The number of carbonyl (C=O) groups excluding carboxylic acids is 1. The van der Waals surface area contributed by atoms with E-state index in [0.717, 1.165) is 22.3 Å². The number of benzene rings is 2. The lowest BCUT2D eigenvalue weighted by Gasteiger charge is -2.05. The molecule has 0 N–H and O–H groups in total. The van der Waals surface area contributed by atoms with E-state index in [2.05, 4.69) is 5.10 Å². The molecule has 1 amide bonds. The van der Waals surface area contributed by atoms with E-state index < -0.39 is 5.91 Å². The normalized spacial score (nSPS) is 15.2. The summed E-state index contributed by atoms with van der Waals surface area (Å²) in [6.45, 7) is 0. The average molecular weight is 493 g/mol. The van der Waals surface area contributed by atoms with Gasteiger partial charge in [0.25, 0.3) is 5.91 Å². The van der Waals surface area contributed by atoms with Gasteiger partial charge in [0.05, 0.1) is 11.1 Å². The Morgan fingerprint density at radius 1 is 0.794 bits per heavy atom. The summed E-state index contributed by atoms with van der Waals surface area (Å²) in [5, 5.41) is 5.27. The number of thioether (sulfide) groups is 1. The summed E-state index contributed by atoms with van der Waals surface area (Å²) in [5.41, 5.74) is 1.43. The van der Waals surface area contributed by atoms with Crippen molar-refractivity contribution < 1.29 is 22.4 Å². The first kappa shape index (κ1) is 22.0. The summed E-state index contributed by atoms with van der Waals surface area (Å²) in [5.74, 6) is 0.903. The van der Waals surface area contributed by atoms with Crippen LogP contribution in [-0.4, -0.2) is 21.5 Å².